The molecule has 0 aliphatic rings. The molecule has 3 heterocycles. The van der Waals surface area contributed by atoms with Crippen LogP contribution in [0.4, 0.5) is 0 Å². The molecule has 364 valence electrons. The molecule has 0 fully saturated rings. The number of aromatic nitrogens is 4. The number of benzene rings is 9. The summed E-state index contributed by atoms with van der Waals surface area (Å²) in [6.45, 7) is 7.67. The molecule has 76 heavy (non-hydrogen) atoms. The van der Waals surface area contributed by atoms with E-state index in [0.29, 0.717) is 0 Å². The standard InChI is InChI=1S/C72H56N4/c1-72(2,3)49-76-44-43-75-71(76)58-37-31-54(32-38-58)64-18-8-10-20-66(64)61-45-60(65-19-9-7-17-63(65)53-27-33-56(34-28-53)69-21-11-13-41-73-69)46-62(47-61)67-40-39-59(52-25-23-51(24-26-52)50-15-5-4-6-16-50)48-68(67)55-29-35-57(36-30-55)70-22-12-14-42-74-70/h4-48H,49H2,1-3H3. The zero-order valence-corrected chi connectivity index (χ0v) is 43.0. The molecule has 0 aliphatic carbocycles. The van der Waals surface area contributed by atoms with Gasteiger partial charge in [-0.15, -0.1) is 0 Å². The van der Waals surface area contributed by atoms with Gasteiger partial charge >= 0.3 is 0 Å². The first kappa shape index (κ1) is 47.5. The van der Waals surface area contributed by atoms with E-state index in [9.17, 15) is 0 Å². The van der Waals surface area contributed by atoms with Crippen molar-refractivity contribution in [3.63, 3.8) is 0 Å². The quantitative estimate of drug-likeness (QED) is 0.123. The largest absolute Gasteiger partial charge is 0.330 e. The Morgan fingerprint density at radius 3 is 1.12 bits per heavy atom. The van der Waals surface area contributed by atoms with Crippen LogP contribution in [0.25, 0.3) is 123 Å². The van der Waals surface area contributed by atoms with Crippen molar-refractivity contribution in [3.8, 4) is 123 Å². The maximum atomic E-state index is 4.80. The molecule has 0 atom stereocenters. The van der Waals surface area contributed by atoms with Gasteiger partial charge in [-0.2, -0.15) is 0 Å². The van der Waals surface area contributed by atoms with Crippen molar-refractivity contribution in [3.05, 3.63) is 274 Å². The first-order chi connectivity index (χ1) is 37.3. The summed E-state index contributed by atoms with van der Waals surface area (Å²) in [5, 5.41) is 0. The molecular formula is C72H56N4. The third kappa shape index (κ3) is 10.1. The summed E-state index contributed by atoms with van der Waals surface area (Å²) in [5.41, 5.74) is 23.7. The van der Waals surface area contributed by atoms with Crippen molar-refractivity contribution in [1.82, 2.24) is 19.5 Å². The topological polar surface area (TPSA) is 43.6 Å². The van der Waals surface area contributed by atoms with E-state index in [-0.39, 0.29) is 5.41 Å². The van der Waals surface area contributed by atoms with Gasteiger partial charge in [-0.1, -0.05) is 221 Å². The molecule has 0 saturated carbocycles. The predicted molar refractivity (Wildman–Crippen MR) is 317 cm³/mol. The van der Waals surface area contributed by atoms with Crippen molar-refractivity contribution >= 4 is 0 Å². The molecule has 4 heteroatoms. The van der Waals surface area contributed by atoms with Gasteiger partial charge in [0, 0.05) is 48.0 Å². The first-order valence-electron chi connectivity index (χ1n) is 26.1. The van der Waals surface area contributed by atoms with Gasteiger partial charge in [0.25, 0.3) is 0 Å². The molecule has 0 spiro atoms. The summed E-state index contributed by atoms with van der Waals surface area (Å²) in [6, 6.07) is 90.0. The Hall–Kier alpha value is -9.51. The lowest BCUT2D eigenvalue weighted by Crippen LogP contribution is -2.15. The van der Waals surface area contributed by atoms with E-state index in [0.717, 1.165) is 118 Å². The van der Waals surface area contributed by atoms with Crippen molar-refractivity contribution in [2.45, 2.75) is 27.3 Å². The minimum absolute atomic E-state index is 0.121. The predicted octanol–water partition coefficient (Wildman–Crippen LogP) is 19.1. The van der Waals surface area contributed by atoms with Crippen molar-refractivity contribution in [2.24, 2.45) is 5.41 Å². The molecule has 0 unspecified atom stereocenters. The summed E-state index contributed by atoms with van der Waals surface area (Å²) >= 11 is 0. The zero-order valence-electron chi connectivity index (χ0n) is 43.0. The number of nitrogens with zero attached hydrogens (tertiary/aromatic N) is 4. The van der Waals surface area contributed by atoms with Crippen molar-refractivity contribution < 1.29 is 0 Å². The van der Waals surface area contributed by atoms with E-state index in [1.807, 2.05) is 42.9 Å². The van der Waals surface area contributed by atoms with E-state index >= 15 is 0 Å². The molecule has 0 radical (unpaired) electrons. The number of imidazole rings is 1. The number of rotatable bonds is 12. The minimum Gasteiger partial charge on any atom is -0.330 e. The average molecular weight is 977 g/mol. The highest BCUT2D eigenvalue weighted by Crippen LogP contribution is 2.44. The highest BCUT2D eigenvalue weighted by Gasteiger charge is 2.19. The first-order valence-corrected chi connectivity index (χ1v) is 26.1. The fourth-order valence-electron chi connectivity index (χ4n) is 10.5. The summed E-state index contributed by atoms with van der Waals surface area (Å²) in [5.74, 6) is 0.981. The van der Waals surface area contributed by atoms with Gasteiger partial charge in [0.1, 0.15) is 5.82 Å². The van der Waals surface area contributed by atoms with Gasteiger partial charge in [-0.3, -0.25) is 9.97 Å². The highest BCUT2D eigenvalue weighted by atomic mass is 15.1. The second-order valence-electron chi connectivity index (χ2n) is 20.7. The summed E-state index contributed by atoms with van der Waals surface area (Å²) in [4.78, 5) is 14.1. The van der Waals surface area contributed by atoms with Gasteiger partial charge in [-0.05, 0) is 143 Å². The molecule has 3 aromatic heterocycles. The minimum atomic E-state index is 0.121. The maximum Gasteiger partial charge on any atom is 0.139 e. The maximum absolute atomic E-state index is 4.80. The number of hydrogen-bond donors (Lipinski definition) is 0. The fraction of sp³-hybridized carbons (Fsp3) is 0.0694. The summed E-state index contributed by atoms with van der Waals surface area (Å²) < 4.78 is 2.26. The van der Waals surface area contributed by atoms with Gasteiger partial charge < -0.3 is 4.57 Å². The molecule has 12 aromatic rings. The molecule has 0 N–H and O–H groups in total. The van der Waals surface area contributed by atoms with Gasteiger partial charge in [0.2, 0.25) is 0 Å². The Kier molecular flexibility index (Phi) is 13.0. The molecule has 0 saturated heterocycles. The number of hydrogen-bond acceptors (Lipinski definition) is 3. The lowest BCUT2D eigenvalue weighted by molar-refractivity contribution is 0.345. The smallest absolute Gasteiger partial charge is 0.139 e. The van der Waals surface area contributed by atoms with Crippen molar-refractivity contribution in [1.29, 1.82) is 0 Å². The second-order valence-corrected chi connectivity index (χ2v) is 20.7. The van der Waals surface area contributed by atoms with E-state index in [4.69, 9.17) is 4.98 Å². The van der Waals surface area contributed by atoms with E-state index in [1.165, 1.54) is 11.1 Å². The third-order valence-corrected chi connectivity index (χ3v) is 14.2. The Balaban J connectivity index is 1.02. The van der Waals surface area contributed by atoms with Crippen LogP contribution in [0.5, 0.6) is 0 Å². The molecule has 0 bridgehead atoms. The second kappa shape index (κ2) is 20.8. The van der Waals surface area contributed by atoms with Crippen LogP contribution in [0.3, 0.4) is 0 Å². The molecule has 0 aliphatic heterocycles. The lowest BCUT2D eigenvalue weighted by atomic mass is 9.85. The molecular weight excluding hydrogens is 921 g/mol. The SMILES string of the molecule is CC(C)(C)Cn1ccnc1-c1ccc(-c2ccccc2-c2cc(-c3ccccc3-c3ccc(-c4ccccn4)cc3)cc(-c3ccc(-c4ccc(-c5ccccc5)cc4)cc3-c3ccc(-c4ccccn4)cc3)c2)cc1. The summed E-state index contributed by atoms with van der Waals surface area (Å²) in [6.07, 6.45) is 7.69. The zero-order chi connectivity index (χ0) is 51.4. The van der Waals surface area contributed by atoms with Crippen LogP contribution in [0.15, 0.2) is 274 Å². The Labute approximate surface area is 446 Å². The monoisotopic (exact) mass is 976 g/mol. The van der Waals surface area contributed by atoms with Crippen molar-refractivity contribution in [2.75, 3.05) is 0 Å². The Bertz CT molecular complexity index is 3930. The van der Waals surface area contributed by atoms with Crippen LogP contribution in [0.2, 0.25) is 0 Å². The summed E-state index contributed by atoms with van der Waals surface area (Å²) in [7, 11) is 0. The Morgan fingerprint density at radius 1 is 0.276 bits per heavy atom. The van der Waals surface area contributed by atoms with Crippen LogP contribution in [0.1, 0.15) is 20.8 Å². The van der Waals surface area contributed by atoms with E-state index < -0.39 is 0 Å². The van der Waals surface area contributed by atoms with Gasteiger partial charge in [0.15, 0.2) is 0 Å². The van der Waals surface area contributed by atoms with Gasteiger partial charge in [-0.25, -0.2) is 4.98 Å². The normalized spacial score (nSPS) is 11.4. The highest BCUT2D eigenvalue weighted by molar-refractivity contribution is 5.95. The third-order valence-electron chi connectivity index (χ3n) is 14.2. The van der Waals surface area contributed by atoms with Crippen LogP contribution in [-0.2, 0) is 6.54 Å². The molecule has 12 rings (SSSR count). The lowest BCUT2D eigenvalue weighted by Gasteiger charge is -2.20. The van der Waals surface area contributed by atoms with Crippen LogP contribution in [0, 0.1) is 5.41 Å². The molecule has 9 aromatic carbocycles. The van der Waals surface area contributed by atoms with E-state index in [1.54, 1.807) is 0 Å². The number of pyridine rings is 2. The Morgan fingerprint density at radius 2 is 0.645 bits per heavy atom. The van der Waals surface area contributed by atoms with Gasteiger partial charge in [0.05, 0.1) is 11.4 Å². The van der Waals surface area contributed by atoms with Crippen LogP contribution < -0.4 is 0 Å². The fourth-order valence-corrected chi connectivity index (χ4v) is 10.5. The molecule has 4 nitrogen and oxygen atoms in total. The molecule has 0 amide bonds. The average Bonchev–Trinajstić information content (AvgIpc) is 3.95. The van der Waals surface area contributed by atoms with Crippen LogP contribution >= 0.6 is 0 Å². The van der Waals surface area contributed by atoms with Crippen LogP contribution in [-0.4, -0.2) is 19.5 Å². The van der Waals surface area contributed by atoms with E-state index in [2.05, 4.69) is 266 Å².